The van der Waals surface area contributed by atoms with Crippen molar-refractivity contribution in [1.82, 2.24) is 9.80 Å². The predicted molar refractivity (Wildman–Crippen MR) is 71.8 cm³/mol. The van der Waals surface area contributed by atoms with Crippen LogP contribution in [0, 0.1) is 11.8 Å². The predicted octanol–water partition coefficient (Wildman–Crippen LogP) is 0.411. The van der Waals surface area contributed by atoms with Gasteiger partial charge in [0.05, 0.1) is 24.0 Å². The van der Waals surface area contributed by atoms with Crippen molar-refractivity contribution in [2.45, 2.75) is 31.5 Å². The molecular formula is C15H20N2O3. The number of fused-ring (bicyclic) bond motifs is 5. The van der Waals surface area contributed by atoms with Crippen molar-refractivity contribution in [3.63, 3.8) is 0 Å². The number of hydrogen-bond acceptors (Lipinski definition) is 4. The molecule has 4 aliphatic heterocycles. The standard InChI is InChI=1S/C15H20N2O3/c18-14-12-10-4-5-11(20-10)13(12)15(19)17(14)9-8-16-6-2-1-3-7-16/h4-5,10-13H,1-3,6-9H2/t10-,11-,12-,13+/m0/s1. The van der Waals surface area contributed by atoms with Crippen LogP contribution in [0.25, 0.3) is 0 Å². The highest BCUT2D eigenvalue weighted by Crippen LogP contribution is 2.44. The van der Waals surface area contributed by atoms with Crippen LogP contribution in [0.1, 0.15) is 19.3 Å². The second-order valence-electron chi connectivity index (χ2n) is 6.23. The summed E-state index contributed by atoms with van der Waals surface area (Å²) in [5, 5.41) is 0. The Morgan fingerprint density at radius 3 is 2.15 bits per heavy atom. The van der Waals surface area contributed by atoms with Gasteiger partial charge in [0.25, 0.3) is 0 Å². The number of rotatable bonds is 3. The van der Waals surface area contributed by atoms with Gasteiger partial charge in [-0.3, -0.25) is 14.5 Å². The zero-order valence-corrected chi connectivity index (χ0v) is 11.5. The minimum atomic E-state index is -0.251. The Balaban J connectivity index is 1.42. The second-order valence-corrected chi connectivity index (χ2v) is 6.23. The lowest BCUT2D eigenvalue weighted by Crippen LogP contribution is -2.42. The lowest BCUT2D eigenvalue weighted by molar-refractivity contribution is -0.142. The molecule has 0 spiro atoms. The van der Waals surface area contributed by atoms with Gasteiger partial charge in [0.15, 0.2) is 0 Å². The Bertz CT molecular complexity index is 440. The molecule has 3 fully saturated rings. The molecule has 0 radical (unpaired) electrons. The largest absolute Gasteiger partial charge is 0.365 e. The SMILES string of the molecule is O=C1[C@@H]2[C@H](C(=O)N1CCN1CCCCC1)[C@@H]1C=C[C@@H]2O1. The first kappa shape index (κ1) is 12.5. The monoisotopic (exact) mass is 276 g/mol. The van der Waals surface area contributed by atoms with Crippen LogP contribution >= 0.6 is 0 Å². The summed E-state index contributed by atoms with van der Waals surface area (Å²) in [5.74, 6) is -0.541. The summed E-state index contributed by atoms with van der Waals surface area (Å²) in [6.07, 6.45) is 7.30. The van der Waals surface area contributed by atoms with E-state index >= 15 is 0 Å². The lowest BCUT2D eigenvalue weighted by atomic mass is 9.85. The molecule has 0 unspecified atom stereocenters. The molecule has 4 heterocycles. The third kappa shape index (κ3) is 1.76. The first-order valence-corrected chi connectivity index (χ1v) is 7.67. The van der Waals surface area contributed by atoms with E-state index in [4.69, 9.17) is 4.74 Å². The summed E-state index contributed by atoms with van der Waals surface area (Å²) in [6.45, 7) is 3.56. The molecule has 0 aromatic rings. The van der Waals surface area contributed by atoms with Crippen molar-refractivity contribution in [1.29, 1.82) is 0 Å². The lowest BCUT2D eigenvalue weighted by Gasteiger charge is -2.28. The van der Waals surface area contributed by atoms with Crippen molar-refractivity contribution >= 4 is 11.8 Å². The Hall–Kier alpha value is -1.20. The Kier molecular flexibility index (Phi) is 2.93. The molecule has 2 amide bonds. The molecule has 0 aliphatic carbocycles. The van der Waals surface area contributed by atoms with Crippen LogP contribution in [-0.4, -0.2) is 60.0 Å². The van der Waals surface area contributed by atoms with Crippen molar-refractivity contribution in [2.24, 2.45) is 11.8 Å². The molecule has 4 aliphatic rings. The molecule has 4 rings (SSSR count). The second kappa shape index (κ2) is 4.67. The number of amides is 2. The fourth-order valence-electron chi connectivity index (χ4n) is 4.01. The third-order valence-electron chi connectivity index (χ3n) is 5.09. The van der Waals surface area contributed by atoms with Crippen LogP contribution in [0.3, 0.4) is 0 Å². The average molecular weight is 276 g/mol. The van der Waals surface area contributed by atoms with Gasteiger partial charge in [-0.05, 0) is 25.9 Å². The minimum absolute atomic E-state index is 0.0196. The maximum atomic E-state index is 12.4. The van der Waals surface area contributed by atoms with E-state index in [0.717, 1.165) is 19.6 Å². The van der Waals surface area contributed by atoms with Crippen LogP contribution < -0.4 is 0 Å². The van der Waals surface area contributed by atoms with E-state index in [2.05, 4.69) is 4.90 Å². The minimum Gasteiger partial charge on any atom is -0.365 e. The average Bonchev–Trinajstić information content (AvgIpc) is 3.13. The smallest absolute Gasteiger partial charge is 0.236 e. The van der Waals surface area contributed by atoms with E-state index in [0.29, 0.717) is 6.54 Å². The van der Waals surface area contributed by atoms with Gasteiger partial charge in [-0.2, -0.15) is 0 Å². The van der Waals surface area contributed by atoms with Crippen LogP contribution in [0.15, 0.2) is 12.2 Å². The van der Waals surface area contributed by atoms with Gasteiger partial charge in [-0.15, -0.1) is 0 Å². The van der Waals surface area contributed by atoms with Crippen LogP contribution in [0.4, 0.5) is 0 Å². The molecule has 0 aromatic carbocycles. The van der Waals surface area contributed by atoms with Gasteiger partial charge < -0.3 is 9.64 Å². The van der Waals surface area contributed by atoms with Gasteiger partial charge in [0.2, 0.25) is 11.8 Å². The fraction of sp³-hybridized carbons (Fsp3) is 0.733. The van der Waals surface area contributed by atoms with Crippen molar-refractivity contribution in [2.75, 3.05) is 26.2 Å². The maximum Gasteiger partial charge on any atom is 0.236 e. The zero-order chi connectivity index (χ0) is 13.7. The topological polar surface area (TPSA) is 49.9 Å². The number of piperidine rings is 1. The third-order valence-corrected chi connectivity index (χ3v) is 5.09. The van der Waals surface area contributed by atoms with E-state index in [9.17, 15) is 9.59 Å². The quantitative estimate of drug-likeness (QED) is 0.553. The molecule has 5 nitrogen and oxygen atoms in total. The number of likely N-dealkylation sites (tertiary alicyclic amines) is 2. The van der Waals surface area contributed by atoms with Gasteiger partial charge in [0, 0.05) is 13.1 Å². The van der Waals surface area contributed by atoms with Crippen LogP contribution in [-0.2, 0) is 14.3 Å². The van der Waals surface area contributed by atoms with Crippen LogP contribution in [0.5, 0.6) is 0 Å². The highest BCUT2D eigenvalue weighted by atomic mass is 16.5. The fourth-order valence-corrected chi connectivity index (χ4v) is 4.01. The van der Waals surface area contributed by atoms with Crippen molar-refractivity contribution < 1.29 is 14.3 Å². The molecule has 0 N–H and O–H groups in total. The van der Waals surface area contributed by atoms with Crippen LogP contribution in [0.2, 0.25) is 0 Å². The summed E-state index contributed by atoms with van der Waals surface area (Å²) in [4.78, 5) is 28.7. The van der Waals surface area contributed by atoms with E-state index in [1.54, 1.807) is 0 Å². The van der Waals surface area contributed by atoms with Crippen molar-refractivity contribution in [3.05, 3.63) is 12.2 Å². The van der Waals surface area contributed by atoms with E-state index < -0.39 is 0 Å². The molecule has 4 atom stereocenters. The Morgan fingerprint density at radius 2 is 1.55 bits per heavy atom. The number of carbonyl (C=O) groups is 2. The molecule has 5 heteroatoms. The number of hydrogen-bond donors (Lipinski definition) is 0. The Morgan fingerprint density at radius 1 is 0.950 bits per heavy atom. The van der Waals surface area contributed by atoms with E-state index in [-0.39, 0.29) is 35.9 Å². The normalized spacial score (nSPS) is 39.9. The molecule has 0 aromatic heterocycles. The highest BCUT2D eigenvalue weighted by molar-refractivity contribution is 6.06. The first-order valence-electron chi connectivity index (χ1n) is 7.67. The van der Waals surface area contributed by atoms with E-state index in [1.807, 2.05) is 12.2 Å². The summed E-state index contributed by atoms with van der Waals surface area (Å²) < 4.78 is 5.63. The number of imide groups is 1. The van der Waals surface area contributed by atoms with Gasteiger partial charge >= 0.3 is 0 Å². The van der Waals surface area contributed by atoms with Gasteiger partial charge in [-0.25, -0.2) is 0 Å². The zero-order valence-electron chi connectivity index (χ0n) is 11.5. The molecule has 20 heavy (non-hydrogen) atoms. The molecule has 0 saturated carbocycles. The van der Waals surface area contributed by atoms with Gasteiger partial charge in [-0.1, -0.05) is 18.6 Å². The molecule has 3 saturated heterocycles. The number of ether oxygens (including phenoxy) is 1. The number of nitrogens with zero attached hydrogens (tertiary/aromatic N) is 2. The van der Waals surface area contributed by atoms with Crippen molar-refractivity contribution in [3.8, 4) is 0 Å². The summed E-state index contributed by atoms with van der Waals surface area (Å²) in [6, 6.07) is 0. The summed E-state index contributed by atoms with van der Waals surface area (Å²) in [7, 11) is 0. The van der Waals surface area contributed by atoms with Gasteiger partial charge in [0.1, 0.15) is 0 Å². The summed E-state index contributed by atoms with van der Waals surface area (Å²) >= 11 is 0. The van der Waals surface area contributed by atoms with E-state index in [1.165, 1.54) is 24.2 Å². The molecule has 108 valence electrons. The maximum absolute atomic E-state index is 12.4. The highest BCUT2D eigenvalue weighted by Gasteiger charge is 2.60. The molecule has 2 bridgehead atoms. The first-order chi connectivity index (χ1) is 9.75. The summed E-state index contributed by atoms with van der Waals surface area (Å²) in [5.41, 5.74) is 0. The molecular weight excluding hydrogens is 256 g/mol. The number of carbonyl (C=O) groups excluding carboxylic acids is 2. The Labute approximate surface area is 118 Å².